The fraction of sp³-hybridized carbons (Fsp3) is 0.562. The average Bonchev–Trinajstić information content (AvgIpc) is 2.44. The Balaban J connectivity index is 2.61. The van der Waals surface area contributed by atoms with Crippen LogP contribution in [-0.2, 0) is 11.3 Å². The van der Waals surface area contributed by atoms with Crippen LogP contribution in [0.3, 0.4) is 0 Å². The van der Waals surface area contributed by atoms with Crippen molar-refractivity contribution in [1.82, 2.24) is 10.6 Å². The maximum Gasteiger partial charge on any atom is 0.221 e. The lowest BCUT2D eigenvalue weighted by atomic mass is 10.1. The van der Waals surface area contributed by atoms with Crippen LogP contribution in [0.2, 0.25) is 0 Å². The topological polar surface area (TPSA) is 44.4 Å². The number of benzene rings is 1. The number of nitrogens with one attached hydrogen (secondary N) is 2. The second-order valence-corrected chi connectivity index (χ2v) is 5.50. The van der Waals surface area contributed by atoms with E-state index < -0.39 is 0 Å². The van der Waals surface area contributed by atoms with E-state index in [1.54, 1.807) is 7.05 Å². The molecule has 112 valence electrons. The predicted molar refractivity (Wildman–Crippen MR) is 84.9 cm³/mol. The van der Waals surface area contributed by atoms with Crippen molar-refractivity contribution in [1.29, 1.82) is 0 Å². The molecule has 4 heteroatoms. The highest BCUT2D eigenvalue weighted by Crippen LogP contribution is 2.19. The Labute approximate surface area is 122 Å². The number of nitrogens with zero attached hydrogens (tertiary/aromatic N) is 1. The van der Waals surface area contributed by atoms with Crippen LogP contribution in [0.15, 0.2) is 24.3 Å². The van der Waals surface area contributed by atoms with E-state index in [1.165, 1.54) is 11.3 Å². The minimum absolute atomic E-state index is 0.0762. The van der Waals surface area contributed by atoms with Crippen LogP contribution in [0.4, 0.5) is 5.69 Å². The third kappa shape index (κ3) is 5.61. The van der Waals surface area contributed by atoms with Gasteiger partial charge < -0.3 is 15.5 Å². The molecule has 0 heterocycles. The molecular formula is C16H27N3O. The molecule has 0 saturated carbocycles. The zero-order valence-corrected chi connectivity index (χ0v) is 13.1. The summed E-state index contributed by atoms with van der Waals surface area (Å²) >= 11 is 0. The van der Waals surface area contributed by atoms with Crippen LogP contribution in [-0.4, -0.2) is 33.1 Å². The second-order valence-electron chi connectivity index (χ2n) is 5.50. The van der Waals surface area contributed by atoms with Gasteiger partial charge in [0.2, 0.25) is 5.91 Å². The van der Waals surface area contributed by atoms with Gasteiger partial charge in [0.05, 0.1) is 0 Å². The Kier molecular flexibility index (Phi) is 7.09. The lowest BCUT2D eigenvalue weighted by molar-refractivity contribution is -0.120. The van der Waals surface area contributed by atoms with Crippen LogP contribution in [0.25, 0.3) is 0 Å². The zero-order chi connectivity index (χ0) is 15.0. The van der Waals surface area contributed by atoms with Crippen molar-refractivity contribution in [2.45, 2.75) is 26.8 Å². The lowest BCUT2D eigenvalue weighted by Gasteiger charge is -2.22. The minimum Gasteiger partial charge on any atom is -0.374 e. The molecule has 0 aliphatic rings. The van der Waals surface area contributed by atoms with Gasteiger partial charge in [-0.15, -0.1) is 0 Å². The second kappa shape index (κ2) is 8.59. The Hall–Kier alpha value is -1.55. The number of para-hydroxylation sites is 1. The van der Waals surface area contributed by atoms with Crippen molar-refractivity contribution in [3.63, 3.8) is 0 Å². The molecule has 0 atom stereocenters. The molecule has 1 aromatic carbocycles. The molecule has 0 fully saturated rings. The molecule has 0 bridgehead atoms. The lowest BCUT2D eigenvalue weighted by Crippen LogP contribution is -2.27. The van der Waals surface area contributed by atoms with Crippen molar-refractivity contribution in [3.8, 4) is 0 Å². The molecule has 0 aromatic heterocycles. The van der Waals surface area contributed by atoms with Gasteiger partial charge in [-0.3, -0.25) is 4.79 Å². The van der Waals surface area contributed by atoms with Crippen LogP contribution in [0.1, 0.15) is 25.8 Å². The quantitative estimate of drug-likeness (QED) is 0.764. The van der Waals surface area contributed by atoms with Gasteiger partial charge in [0, 0.05) is 39.3 Å². The molecule has 0 unspecified atom stereocenters. The van der Waals surface area contributed by atoms with E-state index in [1.807, 2.05) is 13.1 Å². The first kappa shape index (κ1) is 16.5. The zero-order valence-electron chi connectivity index (χ0n) is 13.1. The van der Waals surface area contributed by atoms with E-state index in [0.717, 1.165) is 19.6 Å². The number of amides is 1. The summed E-state index contributed by atoms with van der Waals surface area (Å²) in [6.07, 6.45) is 0.515. The average molecular weight is 277 g/mol. The highest BCUT2D eigenvalue weighted by molar-refractivity contribution is 5.76. The van der Waals surface area contributed by atoms with Crippen molar-refractivity contribution in [2.24, 2.45) is 5.92 Å². The van der Waals surface area contributed by atoms with Crippen LogP contribution in [0.5, 0.6) is 0 Å². The SMILES string of the molecule is CNC(=O)CCN(C)c1ccccc1CNCC(C)C. The van der Waals surface area contributed by atoms with Crippen molar-refractivity contribution < 1.29 is 4.79 Å². The van der Waals surface area contributed by atoms with E-state index in [-0.39, 0.29) is 5.91 Å². The Morgan fingerprint density at radius 3 is 2.65 bits per heavy atom. The minimum atomic E-state index is 0.0762. The summed E-state index contributed by atoms with van der Waals surface area (Å²) in [6, 6.07) is 8.34. The van der Waals surface area contributed by atoms with Gasteiger partial charge in [-0.25, -0.2) is 0 Å². The van der Waals surface area contributed by atoms with E-state index in [0.29, 0.717) is 12.3 Å². The highest BCUT2D eigenvalue weighted by atomic mass is 16.1. The van der Waals surface area contributed by atoms with Crippen LogP contribution in [0, 0.1) is 5.92 Å². The smallest absolute Gasteiger partial charge is 0.221 e. The fourth-order valence-electron chi connectivity index (χ4n) is 2.04. The molecular weight excluding hydrogens is 250 g/mol. The molecule has 1 rings (SSSR count). The fourth-order valence-corrected chi connectivity index (χ4v) is 2.04. The van der Waals surface area contributed by atoms with E-state index in [9.17, 15) is 4.79 Å². The Bertz CT molecular complexity index is 418. The van der Waals surface area contributed by atoms with Crippen molar-refractivity contribution >= 4 is 11.6 Å². The van der Waals surface area contributed by atoms with Crippen molar-refractivity contribution in [3.05, 3.63) is 29.8 Å². The summed E-state index contributed by atoms with van der Waals surface area (Å²) in [7, 11) is 3.70. The third-order valence-electron chi connectivity index (χ3n) is 3.22. The summed E-state index contributed by atoms with van der Waals surface area (Å²) in [5.74, 6) is 0.723. The molecule has 0 radical (unpaired) electrons. The molecule has 1 amide bonds. The summed E-state index contributed by atoms with van der Waals surface area (Å²) in [4.78, 5) is 13.5. The van der Waals surface area contributed by atoms with Gasteiger partial charge in [-0.1, -0.05) is 32.0 Å². The molecule has 0 aliphatic heterocycles. The summed E-state index contributed by atoms with van der Waals surface area (Å²) in [6.45, 7) is 7.00. The summed E-state index contributed by atoms with van der Waals surface area (Å²) in [5.41, 5.74) is 2.46. The number of hydrogen-bond acceptors (Lipinski definition) is 3. The summed E-state index contributed by atoms with van der Waals surface area (Å²) in [5, 5.41) is 6.12. The molecule has 2 N–H and O–H groups in total. The maximum atomic E-state index is 11.3. The standard InChI is InChI=1S/C16H27N3O/c1-13(2)11-18-12-14-7-5-6-8-15(14)19(4)10-9-16(20)17-3/h5-8,13,18H,9-12H2,1-4H3,(H,17,20). The molecule has 4 nitrogen and oxygen atoms in total. The van der Waals surface area contributed by atoms with Gasteiger partial charge in [0.1, 0.15) is 0 Å². The normalized spacial score (nSPS) is 10.7. The molecule has 0 spiro atoms. The van der Waals surface area contributed by atoms with Gasteiger partial charge in [0.25, 0.3) is 0 Å². The molecule has 0 aliphatic carbocycles. The first-order valence-corrected chi connectivity index (χ1v) is 7.25. The van der Waals surface area contributed by atoms with E-state index >= 15 is 0 Å². The van der Waals surface area contributed by atoms with Gasteiger partial charge >= 0.3 is 0 Å². The van der Waals surface area contributed by atoms with Gasteiger partial charge in [-0.05, 0) is 24.1 Å². The van der Waals surface area contributed by atoms with Gasteiger partial charge in [0.15, 0.2) is 0 Å². The first-order valence-electron chi connectivity index (χ1n) is 7.25. The third-order valence-corrected chi connectivity index (χ3v) is 3.22. The number of anilines is 1. The van der Waals surface area contributed by atoms with Gasteiger partial charge in [-0.2, -0.15) is 0 Å². The summed E-state index contributed by atoms with van der Waals surface area (Å²) < 4.78 is 0. The molecule has 20 heavy (non-hydrogen) atoms. The first-order chi connectivity index (χ1) is 9.54. The number of carbonyl (C=O) groups is 1. The maximum absolute atomic E-state index is 11.3. The monoisotopic (exact) mass is 277 g/mol. The van der Waals surface area contributed by atoms with Crippen molar-refractivity contribution in [2.75, 3.05) is 32.1 Å². The van der Waals surface area contributed by atoms with E-state index in [2.05, 4.69) is 47.6 Å². The molecule has 0 saturated heterocycles. The Morgan fingerprint density at radius 1 is 1.30 bits per heavy atom. The Morgan fingerprint density at radius 2 is 2.00 bits per heavy atom. The number of hydrogen-bond donors (Lipinski definition) is 2. The van der Waals surface area contributed by atoms with Crippen LogP contribution >= 0.6 is 0 Å². The predicted octanol–water partition coefficient (Wildman–Crippen LogP) is 2.00. The number of rotatable bonds is 8. The highest BCUT2D eigenvalue weighted by Gasteiger charge is 2.08. The van der Waals surface area contributed by atoms with E-state index in [4.69, 9.17) is 0 Å². The van der Waals surface area contributed by atoms with Crippen LogP contribution < -0.4 is 15.5 Å². The number of carbonyl (C=O) groups excluding carboxylic acids is 1. The molecule has 1 aromatic rings. The largest absolute Gasteiger partial charge is 0.374 e.